The van der Waals surface area contributed by atoms with E-state index in [0.29, 0.717) is 0 Å². The zero-order valence-corrected chi connectivity index (χ0v) is 10.3. The maximum Gasteiger partial charge on any atom is 0.104 e. The monoisotopic (exact) mass is 381 g/mol. The van der Waals surface area contributed by atoms with E-state index in [9.17, 15) is 5.11 Å². The molecule has 0 spiro atoms. The third-order valence-electron chi connectivity index (χ3n) is 2.23. The van der Waals surface area contributed by atoms with Gasteiger partial charge in [0, 0.05) is 22.4 Å². The van der Waals surface area contributed by atoms with E-state index in [2.05, 4.69) is 0 Å². The van der Waals surface area contributed by atoms with Crippen molar-refractivity contribution in [1.29, 1.82) is 0 Å². The molecule has 0 bridgehead atoms. The Balaban J connectivity index is 0.00000112. The maximum atomic E-state index is 9.99. The van der Waals surface area contributed by atoms with Crippen LogP contribution in [0.3, 0.4) is 0 Å². The molecule has 2 rings (SSSR count). The summed E-state index contributed by atoms with van der Waals surface area (Å²) in [7, 11) is 0. The predicted molar refractivity (Wildman–Crippen MR) is 56.9 cm³/mol. The van der Waals surface area contributed by atoms with E-state index in [-0.39, 0.29) is 22.4 Å². The molecule has 2 aromatic carbocycles. The summed E-state index contributed by atoms with van der Waals surface area (Å²) in [6, 6.07) is 19.3. The largest absolute Gasteiger partial charge is 0.384 e. The standard InChI is InChI=1S/C13H12O.Au/c14-13(11-7-3-1-4-8-11)12-9-5-2-6-10-12;/h1-10,13-14H;. The molecular formula is C13H12AuO. The average Bonchev–Trinajstić information content (AvgIpc) is 2.30. The van der Waals surface area contributed by atoms with Crippen molar-refractivity contribution in [3.05, 3.63) is 71.8 Å². The molecule has 0 aromatic heterocycles. The van der Waals surface area contributed by atoms with Crippen LogP contribution in [-0.2, 0) is 22.4 Å². The van der Waals surface area contributed by atoms with E-state index in [1.165, 1.54) is 0 Å². The second kappa shape index (κ2) is 5.89. The molecule has 0 aliphatic heterocycles. The Hall–Kier alpha value is -0.860. The Morgan fingerprint density at radius 2 is 1.00 bits per heavy atom. The van der Waals surface area contributed by atoms with E-state index >= 15 is 0 Å². The van der Waals surface area contributed by atoms with Crippen LogP contribution in [0.2, 0.25) is 0 Å². The van der Waals surface area contributed by atoms with Crippen molar-refractivity contribution in [2.45, 2.75) is 6.10 Å². The summed E-state index contributed by atoms with van der Waals surface area (Å²) in [5.41, 5.74) is 1.86. The van der Waals surface area contributed by atoms with Gasteiger partial charge in [0.05, 0.1) is 0 Å². The first-order valence-electron chi connectivity index (χ1n) is 4.66. The van der Waals surface area contributed by atoms with Gasteiger partial charge >= 0.3 is 0 Å². The van der Waals surface area contributed by atoms with Crippen molar-refractivity contribution in [2.24, 2.45) is 0 Å². The molecule has 2 heteroatoms. The van der Waals surface area contributed by atoms with E-state index in [1.807, 2.05) is 60.7 Å². The van der Waals surface area contributed by atoms with E-state index < -0.39 is 6.10 Å². The first kappa shape index (κ1) is 12.2. The molecule has 0 aliphatic rings. The van der Waals surface area contributed by atoms with E-state index in [0.717, 1.165) is 11.1 Å². The molecular weight excluding hydrogens is 369 g/mol. The van der Waals surface area contributed by atoms with Crippen LogP contribution in [0.5, 0.6) is 0 Å². The van der Waals surface area contributed by atoms with Gasteiger partial charge in [0.25, 0.3) is 0 Å². The smallest absolute Gasteiger partial charge is 0.104 e. The quantitative estimate of drug-likeness (QED) is 0.794. The molecule has 1 nitrogen and oxygen atoms in total. The van der Waals surface area contributed by atoms with Gasteiger partial charge in [0.1, 0.15) is 6.10 Å². The van der Waals surface area contributed by atoms with Gasteiger partial charge in [0.2, 0.25) is 0 Å². The minimum absolute atomic E-state index is 0. The van der Waals surface area contributed by atoms with Gasteiger partial charge in [-0.05, 0) is 11.1 Å². The SMILES string of the molecule is OC(c1ccccc1)c1ccccc1.[Au]. The van der Waals surface area contributed by atoms with Crippen LogP contribution in [-0.4, -0.2) is 5.11 Å². The summed E-state index contributed by atoms with van der Waals surface area (Å²) >= 11 is 0. The number of hydrogen-bond acceptors (Lipinski definition) is 1. The molecule has 0 saturated carbocycles. The molecule has 81 valence electrons. The second-order valence-corrected chi connectivity index (χ2v) is 3.22. The van der Waals surface area contributed by atoms with Gasteiger partial charge in [-0.2, -0.15) is 0 Å². The number of benzene rings is 2. The summed E-state index contributed by atoms with van der Waals surface area (Å²) in [6.07, 6.45) is -0.516. The minimum Gasteiger partial charge on any atom is -0.384 e. The second-order valence-electron chi connectivity index (χ2n) is 3.22. The summed E-state index contributed by atoms with van der Waals surface area (Å²) in [5.74, 6) is 0. The average molecular weight is 381 g/mol. The topological polar surface area (TPSA) is 20.2 Å². The predicted octanol–water partition coefficient (Wildman–Crippen LogP) is 2.77. The summed E-state index contributed by atoms with van der Waals surface area (Å²) < 4.78 is 0. The van der Waals surface area contributed by atoms with E-state index in [1.54, 1.807) is 0 Å². The van der Waals surface area contributed by atoms with E-state index in [4.69, 9.17) is 0 Å². The fourth-order valence-electron chi connectivity index (χ4n) is 1.46. The summed E-state index contributed by atoms with van der Waals surface area (Å²) in [5, 5.41) is 9.99. The number of hydrogen-bond donors (Lipinski definition) is 1. The molecule has 0 atom stereocenters. The third kappa shape index (κ3) is 3.05. The molecule has 2 aromatic rings. The van der Waals surface area contributed by atoms with Gasteiger partial charge in [0.15, 0.2) is 0 Å². The third-order valence-corrected chi connectivity index (χ3v) is 2.23. The molecule has 15 heavy (non-hydrogen) atoms. The number of aliphatic hydroxyl groups excluding tert-OH is 1. The Labute approximate surface area is 105 Å². The molecule has 0 aliphatic carbocycles. The van der Waals surface area contributed by atoms with Crippen LogP contribution >= 0.6 is 0 Å². The van der Waals surface area contributed by atoms with Crippen LogP contribution < -0.4 is 0 Å². The Bertz CT molecular complexity index is 346. The Kier molecular flexibility index (Phi) is 4.79. The van der Waals surface area contributed by atoms with Crippen LogP contribution in [0.25, 0.3) is 0 Å². The van der Waals surface area contributed by atoms with Crippen molar-refractivity contribution >= 4 is 0 Å². The van der Waals surface area contributed by atoms with Crippen LogP contribution in [0, 0.1) is 0 Å². The first-order chi connectivity index (χ1) is 6.88. The number of aliphatic hydroxyl groups is 1. The van der Waals surface area contributed by atoms with Crippen LogP contribution in [0.1, 0.15) is 17.2 Å². The maximum absolute atomic E-state index is 9.99. The first-order valence-corrected chi connectivity index (χ1v) is 4.66. The zero-order chi connectivity index (χ0) is 9.80. The van der Waals surface area contributed by atoms with Crippen molar-refractivity contribution in [1.82, 2.24) is 0 Å². The fraction of sp³-hybridized carbons (Fsp3) is 0.0769. The molecule has 1 N–H and O–H groups in total. The molecule has 0 unspecified atom stereocenters. The normalized spacial score (nSPS) is 9.73. The Morgan fingerprint density at radius 3 is 1.33 bits per heavy atom. The van der Waals surface area contributed by atoms with Crippen molar-refractivity contribution < 1.29 is 27.5 Å². The van der Waals surface area contributed by atoms with Gasteiger partial charge < -0.3 is 5.11 Å². The summed E-state index contributed by atoms with van der Waals surface area (Å²) in [6.45, 7) is 0. The van der Waals surface area contributed by atoms with Gasteiger partial charge in [-0.25, -0.2) is 0 Å². The molecule has 1 radical (unpaired) electrons. The van der Waals surface area contributed by atoms with Gasteiger partial charge in [-0.1, -0.05) is 60.7 Å². The van der Waals surface area contributed by atoms with Crippen molar-refractivity contribution in [3.63, 3.8) is 0 Å². The minimum atomic E-state index is -0.516. The number of rotatable bonds is 2. The summed E-state index contributed by atoms with van der Waals surface area (Å²) in [4.78, 5) is 0. The molecule has 0 amide bonds. The van der Waals surface area contributed by atoms with Crippen molar-refractivity contribution in [2.75, 3.05) is 0 Å². The van der Waals surface area contributed by atoms with Crippen LogP contribution in [0.15, 0.2) is 60.7 Å². The fourth-order valence-corrected chi connectivity index (χ4v) is 1.46. The molecule has 0 saturated heterocycles. The van der Waals surface area contributed by atoms with Gasteiger partial charge in [-0.15, -0.1) is 0 Å². The van der Waals surface area contributed by atoms with Crippen LogP contribution in [0.4, 0.5) is 0 Å². The Morgan fingerprint density at radius 1 is 0.667 bits per heavy atom. The van der Waals surface area contributed by atoms with Crippen molar-refractivity contribution in [3.8, 4) is 0 Å². The van der Waals surface area contributed by atoms with Gasteiger partial charge in [-0.3, -0.25) is 0 Å². The molecule has 0 heterocycles. The zero-order valence-electron chi connectivity index (χ0n) is 8.10. The molecule has 0 fully saturated rings.